The van der Waals surface area contributed by atoms with Gasteiger partial charge in [-0.2, -0.15) is 0 Å². The van der Waals surface area contributed by atoms with Gasteiger partial charge < -0.3 is 11.1 Å². The van der Waals surface area contributed by atoms with Gasteiger partial charge in [0, 0.05) is 22.2 Å². The zero-order chi connectivity index (χ0) is 11.6. The maximum atomic E-state index is 5.95. The van der Waals surface area contributed by atoms with Crippen molar-refractivity contribution in [3.05, 3.63) is 28.7 Å². The second-order valence-electron chi connectivity index (χ2n) is 4.94. The van der Waals surface area contributed by atoms with E-state index in [2.05, 4.69) is 46.4 Å². The standard InChI is InChI=1S/C13H19BrN2/c1-10-6-7-13(8-10,9-15)16-12-5-3-2-4-11(12)14/h2-5,10,16H,6-9,15H2,1H3. The Morgan fingerprint density at radius 3 is 2.81 bits per heavy atom. The van der Waals surface area contributed by atoms with Crippen molar-refractivity contribution in [2.24, 2.45) is 11.7 Å². The van der Waals surface area contributed by atoms with E-state index < -0.39 is 0 Å². The molecule has 0 radical (unpaired) electrons. The lowest BCUT2D eigenvalue weighted by atomic mass is 9.96. The summed E-state index contributed by atoms with van der Waals surface area (Å²) in [6, 6.07) is 8.24. The highest BCUT2D eigenvalue weighted by Gasteiger charge is 2.36. The van der Waals surface area contributed by atoms with E-state index in [1.807, 2.05) is 6.07 Å². The van der Waals surface area contributed by atoms with Crippen LogP contribution in [0.5, 0.6) is 0 Å². The third kappa shape index (κ3) is 2.41. The topological polar surface area (TPSA) is 38.0 Å². The van der Waals surface area contributed by atoms with Crippen LogP contribution in [0.3, 0.4) is 0 Å². The molecular weight excluding hydrogens is 264 g/mol. The van der Waals surface area contributed by atoms with Gasteiger partial charge in [0.1, 0.15) is 0 Å². The highest BCUT2D eigenvalue weighted by molar-refractivity contribution is 9.10. The summed E-state index contributed by atoms with van der Waals surface area (Å²) in [5, 5.41) is 3.63. The maximum Gasteiger partial charge on any atom is 0.0498 e. The van der Waals surface area contributed by atoms with Crippen LogP contribution in [0.15, 0.2) is 28.7 Å². The fourth-order valence-electron chi connectivity index (χ4n) is 2.59. The van der Waals surface area contributed by atoms with E-state index in [0.717, 1.165) is 16.1 Å². The molecule has 0 aromatic heterocycles. The van der Waals surface area contributed by atoms with Gasteiger partial charge in [0.15, 0.2) is 0 Å². The molecule has 0 amide bonds. The number of para-hydroxylation sites is 1. The summed E-state index contributed by atoms with van der Waals surface area (Å²) in [6.45, 7) is 3.01. The molecule has 0 bridgehead atoms. The Bertz CT molecular complexity index is 367. The molecule has 0 saturated heterocycles. The van der Waals surface area contributed by atoms with Crippen molar-refractivity contribution >= 4 is 21.6 Å². The first-order valence-corrected chi connectivity index (χ1v) is 6.67. The molecule has 2 atom stereocenters. The summed E-state index contributed by atoms with van der Waals surface area (Å²) in [4.78, 5) is 0. The van der Waals surface area contributed by atoms with Crippen LogP contribution in [0.4, 0.5) is 5.69 Å². The average Bonchev–Trinajstić information content (AvgIpc) is 2.65. The maximum absolute atomic E-state index is 5.95. The molecule has 16 heavy (non-hydrogen) atoms. The van der Waals surface area contributed by atoms with Gasteiger partial charge in [-0.1, -0.05) is 19.1 Å². The third-order valence-corrected chi connectivity index (χ3v) is 4.21. The molecule has 3 N–H and O–H groups in total. The van der Waals surface area contributed by atoms with Crippen molar-refractivity contribution in [2.45, 2.75) is 31.7 Å². The molecular formula is C13H19BrN2. The second-order valence-corrected chi connectivity index (χ2v) is 5.79. The van der Waals surface area contributed by atoms with E-state index in [9.17, 15) is 0 Å². The Balaban J connectivity index is 2.16. The van der Waals surface area contributed by atoms with Crippen LogP contribution in [0.25, 0.3) is 0 Å². The van der Waals surface area contributed by atoms with Gasteiger partial charge in [-0.3, -0.25) is 0 Å². The lowest BCUT2D eigenvalue weighted by Gasteiger charge is -2.31. The van der Waals surface area contributed by atoms with E-state index in [-0.39, 0.29) is 5.54 Å². The highest BCUT2D eigenvalue weighted by atomic mass is 79.9. The summed E-state index contributed by atoms with van der Waals surface area (Å²) in [6.07, 6.45) is 3.62. The van der Waals surface area contributed by atoms with E-state index in [4.69, 9.17) is 5.73 Å². The van der Waals surface area contributed by atoms with Gasteiger partial charge in [-0.05, 0) is 53.2 Å². The fraction of sp³-hybridized carbons (Fsp3) is 0.538. The summed E-state index contributed by atoms with van der Waals surface area (Å²) >= 11 is 3.57. The van der Waals surface area contributed by atoms with Crippen molar-refractivity contribution in [3.8, 4) is 0 Å². The number of nitrogens with two attached hydrogens (primary N) is 1. The zero-order valence-corrected chi connectivity index (χ0v) is 11.3. The minimum absolute atomic E-state index is 0.100. The molecule has 1 aromatic carbocycles. The minimum atomic E-state index is 0.100. The number of halogens is 1. The Hall–Kier alpha value is -0.540. The summed E-state index contributed by atoms with van der Waals surface area (Å²) < 4.78 is 1.11. The third-order valence-electron chi connectivity index (χ3n) is 3.52. The number of hydrogen-bond donors (Lipinski definition) is 2. The molecule has 2 nitrogen and oxygen atoms in total. The monoisotopic (exact) mass is 282 g/mol. The SMILES string of the molecule is CC1CCC(CN)(Nc2ccccc2Br)C1. The zero-order valence-electron chi connectivity index (χ0n) is 9.67. The van der Waals surface area contributed by atoms with E-state index in [1.165, 1.54) is 19.3 Å². The molecule has 0 aliphatic heterocycles. The second kappa shape index (κ2) is 4.76. The van der Waals surface area contributed by atoms with E-state index >= 15 is 0 Å². The number of benzene rings is 1. The number of hydrogen-bond acceptors (Lipinski definition) is 2. The summed E-state index contributed by atoms with van der Waals surface area (Å²) in [5.41, 5.74) is 7.21. The molecule has 88 valence electrons. The molecule has 1 aromatic rings. The lowest BCUT2D eigenvalue weighted by Crippen LogP contribution is -2.43. The first-order valence-electron chi connectivity index (χ1n) is 5.88. The lowest BCUT2D eigenvalue weighted by molar-refractivity contribution is 0.470. The van der Waals surface area contributed by atoms with E-state index in [1.54, 1.807) is 0 Å². The minimum Gasteiger partial charge on any atom is -0.377 e. The predicted molar refractivity (Wildman–Crippen MR) is 72.6 cm³/mol. The highest BCUT2D eigenvalue weighted by Crippen LogP contribution is 2.37. The van der Waals surface area contributed by atoms with E-state index in [0.29, 0.717) is 6.54 Å². The van der Waals surface area contributed by atoms with Crippen LogP contribution < -0.4 is 11.1 Å². The number of anilines is 1. The average molecular weight is 283 g/mol. The molecule has 1 fully saturated rings. The van der Waals surface area contributed by atoms with Crippen molar-refractivity contribution in [2.75, 3.05) is 11.9 Å². The molecule has 2 rings (SSSR count). The van der Waals surface area contributed by atoms with Gasteiger partial charge in [-0.15, -0.1) is 0 Å². The number of nitrogens with one attached hydrogen (secondary N) is 1. The van der Waals surface area contributed by atoms with Crippen molar-refractivity contribution in [3.63, 3.8) is 0 Å². The first-order chi connectivity index (χ1) is 7.65. The number of rotatable bonds is 3. The Morgan fingerprint density at radius 1 is 1.50 bits per heavy atom. The molecule has 1 saturated carbocycles. The van der Waals surface area contributed by atoms with Crippen LogP contribution in [0, 0.1) is 5.92 Å². The Kier molecular flexibility index (Phi) is 3.55. The Morgan fingerprint density at radius 2 is 2.25 bits per heavy atom. The van der Waals surface area contributed by atoms with Crippen molar-refractivity contribution in [1.29, 1.82) is 0 Å². The van der Waals surface area contributed by atoms with Gasteiger partial charge in [0.25, 0.3) is 0 Å². The fourth-order valence-corrected chi connectivity index (χ4v) is 2.98. The quantitative estimate of drug-likeness (QED) is 0.892. The van der Waals surface area contributed by atoms with Crippen molar-refractivity contribution < 1.29 is 0 Å². The molecule has 2 unspecified atom stereocenters. The summed E-state index contributed by atoms with van der Waals surface area (Å²) in [7, 11) is 0. The van der Waals surface area contributed by atoms with Crippen LogP contribution >= 0.6 is 15.9 Å². The van der Waals surface area contributed by atoms with Gasteiger partial charge in [-0.25, -0.2) is 0 Å². The van der Waals surface area contributed by atoms with Crippen LogP contribution in [0.2, 0.25) is 0 Å². The first kappa shape index (κ1) is 11.9. The molecule has 0 heterocycles. The molecule has 1 aliphatic rings. The molecule has 0 spiro atoms. The van der Waals surface area contributed by atoms with Gasteiger partial charge in [0.05, 0.1) is 0 Å². The normalized spacial score (nSPS) is 29.3. The van der Waals surface area contributed by atoms with Crippen molar-refractivity contribution in [1.82, 2.24) is 0 Å². The largest absolute Gasteiger partial charge is 0.377 e. The Labute approximate surface area is 106 Å². The van der Waals surface area contributed by atoms with Crippen LogP contribution in [-0.4, -0.2) is 12.1 Å². The molecule has 1 aliphatic carbocycles. The van der Waals surface area contributed by atoms with Gasteiger partial charge in [0.2, 0.25) is 0 Å². The van der Waals surface area contributed by atoms with Gasteiger partial charge >= 0.3 is 0 Å². The van der Waals surface area contributed by atoms with Crippen LogP contribution in [-0.2, 0) is 0 Å². The summed E-state index contributed by atoms with van der Waals surface area (Å²) in [5.74, 6) is 0.776. The van der Waals surface area contributed by atoms with Crippen LogP contribution in [0.1, 0.15) is 26.2 Å². The molecule has 3 heteroatoms. The smallest absolute Gasteiger partial charge is 0.0498 e. The predicted octanol–water partition coefficient (Wildman–Crippen LogP) is 3.38.